The number of hydrogen-bond donors (Lipinski definition) is 0. The molecular formula is C30H48O4. The van der Waals surface area contributed by atoms with Gasteiger partial charge in [-0.15, -0.1) is 13.2 Å². The Labute approximate surface area is 207 Å². The van der Waals surface area contributed by atoms with Gasteiger partial charge in [0.2, 0.25) is 0 Å². The maximum absolute atomic E-state index is 6.71. The second-order valence-electron chi connectivity index (χ2n) is 12.8. The summed E-state index contributed by atoms with van der Waals surface area (Å²) >= 11 is 0. The highest BCUT2D eigenvalue weighted by molar-refractivity contribution is 5.16. The van der Waals surface area contributed by atoms with Crippen LogP contribution < -0.4 is 0 Å². The van der Waals surface area contributed by atoms with Crippen LogP contribution in [0.3, 0.4) is 0 Å². The van der Waals surface area contributed by atoms with Crippen LogP contribution in [-0.4, -0.2) is 44.4 Å². The molecule has 0 unspecified atom stereocenters. The highest BCUT2D eigenvalue weighted by atomic mass is 16.7. The zero-order chi connectivity index (χ0) is 24.1. The van der Waals surface area contributed by atoms with Crippen LogP contribution in [0.5, 0.6) is 0 Å². The fraction of sp³-hybridized carbons (Fsp3) is 0.867. The fourth-order valence-electron chi connectivity index (χ4n) is 9.73. The number of fused-ring (bicyclic) bond motifs is 5. The average molecular weight is 473 g/mol. The summed E-state index contributed by atoms with van der Waals surface area (Å²) < 4.78 is 25.9. The van der Waals surface area contributed by atoms with Crippen LogP contribution in [0, 0.1) is 46.3 Å². The number of ether oxygens (including phenoxy) is 4. The van der Waals surface area contributed by atoms with Gasteiger partial charge >= 0.3 is 0 Å². The van der Waals surface area contributed by atoms with E-state index < -0.39 is 5.79 Å². The van der Waals surface area contributed by atoms with Gasteiger partial charge in [-0.2, -0.15) is 0 Å². The van der Waals surface area contributed by atoms with Crippen molar-refractivity contribution in [3.8, 4) is 0 Å². The van der Waals surface area contributed by atoms with Crippen LogP contribution in [0.25, 0.3) is 0 Å². The second kappa shape index (κ2) is 9.32. The van der Waals surface area contributed by atoms with Crippen LogP contribution in [0.2, 0.25) is 0 Å². The van der Waals surface area contributed by atoms with Crippen molar-refractivity contribution in [2.45, 2.75) is 90.6 Å². The summed E-state index contributed by atoms with van der Waals surface area (Å²) in [6, 6.07) is 0. The van der Waals surface area contributed by atoms with E-state index in [2.05, 4.69) is 40.9 Å². The molecule has 0 amide bonds. The molecule has 1 aliphatic heterocycles. The van der Waals surface area contributed by atoms with E-state index in [0.29, 0.717) is 61.6 Å². The SMILES string of the molecule is C=CCO[C@H]1C[C@H]2[C@@H]([C@H](OCC=C)C[C@@H]3C[C@H](C)CC[C@@]32C)[C@@H]2CC[C@H](C3(C)OCCO3)[C@@]12C. The van der Waals surface area contributed by atoms with Crippen molar-refractivity contribution in [1.29, 1.82) is 0 Å². The molecule has 10 atom stereocenters. The van der Waals surface area contributed by atoms with Crippen molar-refractivity contribution < 1.29 is 18.9 Å². The lowest BCUT2D eigenvalue weighted by molar-refractivity contribution is -0.259. The molecular weight excluding hydrogens is 424 g/mol. The smallest absolute Gasteiger partial charge is 0.169 e. The number of hydrogen-bond acceptors (Lipinski definition) is 4. The Balaban J connectivity index is 1.55. The molecule has 4 heteroatoms. The highest BCUT2D eigenvalue weighted by Crippen LogP contribution is 2.70. The molecule has 1 saturated heterocycles. The molecule has 5 fully saturated rings. The first kappa shape index (κ1) is 25.0. The van der Waals surface area contributed by atoms with E-state index in [-0.39, 0.29) is 11.5 Å². The van der Waals surface area contributed by atoms with Crippen molar-refractivity contribution in [1.82, 2.24) is 0 Å². The summed E-state index contributed by atoms with van der Waals surface area (Å²) in [6.07, 6.45) is 13.1. The van der Waals surface area contributed by atoms with Gasteiger partial charge in [0.25, 0.3) is 0 Å². The molecule has 0 bridgehead atoms. The topological polar surface area (TPSA) is 36.9 Å². The van der Waals surface area contributed by atoms with Crippen molar-refractivity contribution in [2.75, 3.05) is 26.4 Å². The standard InChI is InChI=1S/C30H48O4/c1-7-13-31-24-18-21-17-20(3)11-12-28(21,4)23-19-26(32-14-8-2)29(5)22(27(23)24)9-10-25(29)30(6)33-15-16-34-30/h7-8,20-27H,1-2,9-19H2,3-6H3/t20-,21+,22+,23+,24-,25+,26+,27+,28+,29+/m1/s1. The van der Waals surface area contributed by atoms with Crippen LogP contribution >= 0.6 is 0 Å². The maximum atomic E-state index is 6.71. The van der Waals surface area contributed by atoms with Crippen LogP contribution in [0.15, 0.2) is 25.3 Å². The Morgan fingerprint density at radius 1 is 0.882 bits per heavy atom. The third kappa shape index (κ3) is 3.78. The zero-order valence-corrected chi connectivity index (χ0v) is 22.1. The summed E-state index contributed by atoms with van der Waals surface area (Å²) in [5.74, 6) is 3.15. The first-order valence-electron chi connectivity index (χ1n) is 14.0. The van der Waals surface area contributed by atoms with Gasteiger partial charge in [-0.3, -0.25) is 0 Å². The van der Waals surface area contributed by atoms with Gasteiger partial charge in [0.05, 0.1) is 38.6 Å². The van der Waals surface area contributed by atoms with E-state index in [4.69, 9.17) is 18.9 Å². The van der Waals surface area contributed by atoms with E-state index in [0.717, 1.165) is 24.7 Å². The molecule has 5 rings (SSSR count). The van der Waals surface area contributed by atoms with Gasteiger partial charge in [-0.1, -0.05) is 39.3 Å². The maximum Gasteiger partial charge on any atom is 0.169 e. The van der Waals surface area contributed by atoms with Crippen molar-refractivity contribution in [3.63, 3.8) is 0 Å². The summed E-state index contributed by atoms with van der Waals surface area (Å²) in [7, 11) is 0. The first-order chi connectivity index (χ1) is 16.3. The predicted octanol–water partition coefficient (Wildman–Crippen LogP) is 6.41. The summed E-state index contributed by atoms with van der Waals surface area (Å²) in [6.45, 7) is 20.3. The average Bonchev–Trinajstić information content (AvgIpc) is 3.41. The van der Waals surface area contributed by atoms with Gasteiger partial charge in [0.15, 0.2) is 5.79 Å². The molecule has 0 N–H and O–H groups in total. The number of rotatable bonds is 7. The van der Waals surface area contributed by atoms with Crippen LogP contribution in [0.4, 0.5) is 0 Å². The molecule has 0 aromatic heterocycles. The molecule has 1 heterocycles. The third-order valence-corrected chi connectivity index (χ3v) is 11.3. The Bertz CT molecular complexity index is 759. The van der Waals surface area contributed by atoms with Crippen molar-refractivity contribution in [2.24, 2.45) is 46.3 Å². The lowest BCUT2D eigenvalue weighted by Crippen LogP contribution is -2.64. The van der Waals surface area contributed by atoms with Crippen molar-refractivity contribution >= 4 is 0 Å². The lowest BCUT2D eigenvalue weighted by atomic mass is 9.42. The normalized spacial score (nSPS) is 49.6. The monoisotopic (exact) mass is 472 g/mol. The third-order valence-electron chi connectivity index (χ3n) is 11.3. The van der Waals surface area contributed by atoms with Gasteiger partial charge in [-0.25, -0.2) is 0 Å². The fourth-order valence-corrected chi connectivity index (χ4v) is 9.73. The quantitative estimate of drug-likeness (QED) is 0.401. The molecule has 4 nitrogen and oxygen atoms in total. The Kier molecular flexibility index (Phi) is 6.85. The lowest BCUT2D eigenvalue weighted by Gasteiger charge is -2.65. The minimum atomic E-state index is -0.509. The molecule has 0 aromatic carbocycles. The molecule has 34 heavy (non-hydrogen) atoms. The van der Waals surface area contributed by atoms with E-state index in [1.807, 2.05) is 12.2 Å². The molecule has 4 aliphatic carbocycles. The molecule has 5 aliphatic rings. The Morgan fingerprint density at radius 2 is 1.59 bits per heavy atom. The van der Waals surface area contributed by atoms with E-state index >= 15 is 0 Å². The Hall–Kier alpha value is -0.680. The van der Waals surface area contributed by atoms with E-state index in [1.165, 1.54) is 32.1 Å². The van der Waals surface area contributed by atoms with Gasteiger partial charge in [0.1, 0.15) is 0 Å². The Morgan fingerprint density at radius 3 is 2.29 bits per heavy atom. The van der Waals surface area contributed by atoms with Gasteiger partial charge in [0, 0.05) is 11.3 Å². The molecule has 192 valence electrons. The largest absolute Gasteiger partial charge is 0.374 e. The second-order valence-corrected chi connectivity index (χ2v) is 12.8. The van der Waals surface area contributed by atoms with Gasteiger partial charge in [-0.05, 0) is 80.5 Å². The molecule has 0 radical (unpaired) electrons. The van der Waals surface area contributed by atoms with Crippen LogP contribution in [-0.2, 0) is 18.9 Å². The van der Waals surface area contributed by atoms with Crippen LogP contribution in [0.1, 0.15) is 72.6 Å². The molecule has 4 saturated carbocycles. The summed E-state index contributed by atoms with van der Waals surface area (Å²) in [5.41, 5.74) is 0.384. The molecule has 0 spiro atoms. The minimum Gasteiger partial charge on any atom is -0.374 e. The highest BCUT2D eigenvalue weighted by Gasteiger charge is 2.69. The van der Waals surface area contributed by atoms with Crippen molar-refractivity contribution in [3.05, 3.63) is 25.3 Å². The van der Waals surface area contributed by atoms with Gasteiger partial charge < -0.3 is 18.9 Å². The van der Waals surface area contributed by atoms with E-state index in [9.17, 15) is 0 Å². The predicted molar refractivity (Wildman–Crippen MR) is 135 cm³/mol. The summed E-state index contributed by atoms with van der Waals surface area (Å²) in [4.78, 5) is 0. The molecule has 0 aromatic rings. The summed E-state index contributed by atoms with van der Waals surface area (Å²) in [5, 5.41) is 0. The zero-order valence-electron chi connectivity index (χ0n) is 22.1. The minimum absolute atomic E-state index is 0.00418. The van der Waals surface area contributed by atoms with E-state index in [1.54, 1.807) is 0 Å². The first-order valence-corrected chi connectivity index (χ1v) is 14.0.